The van der Waals surface area contributed by atoms with Crippen molar-refractivity contribution in [2.75, 3.05) is 0 Å². The highest BCUT2D eigenvalue weighted by Gasteiger charge is 2.78. The molecule has 2 bridgehead atoms. The molecule has 126 valence electrons. The van der Waals surface area contributed by atoms with Gasteiger partial charge < -0.3 is 0 Å². The number of rotatable bonds is 1. The number of hydrogen-bond acceptors (Lipinski definition) is 0. The van der Waals surface area contributed by atoms with Gasteiger partial charge in [0.1, 0.15) is 9.75 Å². The molecular formula is C13H4Br4Cl6. The minimum Gasteiger partial charge on any atom is -0.110 e. The molecule has 0 spiro atoms. The second-order valence-corrected chi connectivity index (χ2v) is 11.9. The van der Waals surface area contributed by atoms with Crippen molar-refractivity contribution in [3.05, 3.63) is 39.6 Å². The number of hydrogen-bond donors (Lipinski definition) is 0. The first-order valence-corrected chi connectivity index (χ1v) is 11.5. The lowest BCUT2D eigenvalue weighted by molar-refractivity contribution is 0.598. The van der Waals surface area contributed by atoms with Crippen molar-refractivity contribution in [2.24, 2.45) is 0 Å². The van der Waals surface area contributed by atoms with Crippen molar-refractivity contribution < 1.29 is 0 Å². The van der Waals surface area contributed by atoms with Gasteiger partial charge in [-0.05, 0) is 81.8 Å². The molecule has 0 radical (unpaired) electrons. The van der Waals surface area contributed by atoms with E-state index in [1.54, 1.807) is 0 Å². The first kappa shape index (κ1) is 20.4. The van der Waals surface area contributed by atoms with Gasteiger partial charge in [-0.25, -0.2) is 0 Å². The van der Waals surface area contributed by atoms with Gasteiger partial charge in [-0.15, -0.1) is 23.2 Å². The van der Waals surface area contributed by atoms with Crippen molar-refractivity contribution in [3.63, 3.8) is 0 Å². The number of fused-ring (bicyclic) bond motifs is 2. The van der Waals surface area contributed by atoms with Gasteiger partial charge in [-0.1, -0.05) is 46.4 Å². The lowest BCUT2D eigenvalue weighted by Crippen LogP contribution is -2.43. The summed E-state index contributed by atoms with van der Waals surface area (Å²) < 4.78 is 1.82. The summed E-state index contributed by atoms with van der Waals surface area (Å²) in [5, 5.41) is 0.405. The Labute approximate surface area is 197 Å². The summed E-state index contributed by atoms with van der Waals surface area (Å²) in [4.78, 5) is -2.54. The van der Waals surface area contributed by atoms with E-state index in [-0.39, 0.29) is 16.0 Å². The molecule has 1 aromatic carbocycles. The summed E-state index contributed by atoms with van der Waals surface area (Å²) in [7, 11) is 0. The number of allylic oxidation sites excluding steroid dienone is 2. The molecule has 1 fully saturated rings. The van der Waals surface area contributed by atoms with Crippen LogP contribution in [0.2, 0.25) is 0 Å². The summed E-state index contributed by atoms with van der Waals surface area (Å²) in [6.45, 7) is 0. The highest BCUT2D eigenvalue weighted by molar-refractivity contribution is 9.15. The molecule has 3 rings (SSSR count). The Morgan fingerprint density at radius 3 is 1.91 bits per heavy atom. The molecule has 0 saturated heterocycles. The Morgan fingerprint density at radius 2 is 1.43 bits per heavy atom. The molecule has 1 aromatic rings. The second kappa shape index (κ2) is 6.32. The Kier molecular flexibility index (Phi) is 5.59. The zero-order valence-electron chi connectivity index (χ0n) is 10.6. The Bertz CT molecular complexity index is 763. The van der Waals surface area contributed by atoms with Gasteiger partial charge in [0.15, 0.2) is 4.33 Å². The van der Waals surface area contributed by atoms with Crippen LogP contribution in [-0.4, -0.2) is 14.1 Å². The molecule has 10 heteroatoms. The van der Waals surface area contributed by atoms with Crippen LogP contribution in [0.4, 0.5) is 0 Å². The molecule has 0 N–H and O–H groups in total. The lowest BCUT2D eigenvalue weighted by atomic mass is 9.86. The van der Waals surface area contributed by atoms with Crippen LogP contribution in [0.1, 0.15) is 17.9 Å². The predicted molar refractivity (Wildman–Crippen MR) is 115 cm³/mol. The van der Waals surface area contributed by atoms with Gasteiger partial charge >= 0.3 is 0 Å². The fourth-order valence-electron chi connectivity index (χ4n) is 3.08. The van der Waals surface area contributed by atoms with Gasteiger partial charge in [-0.2, -0.15) is 0 Å². The van der Waals surface area contributed by atoms with Crippen LogP contribution < -0.4 is 0 Å². The summed E-state index contributed by atoms with van der Waals surface area (Å²) in [6, 6.07) is 1.93. The van der Waals surface area contributed by atoms with Gasteiger partial charge in [0.25, 0.3) is 0 Å². The first-order chi connectivity index (χ1) is 10.4. The average molecular weight is 693 g/mol. The van der Waals surface area contributed by atoms with E-state index in [9.17, 15) is 0 Å². The van der Waals surface area contributed by atoms with E-state index < -0.39 is 14.1 Å². The number of halogens is 10. The highest BCUT2D eigenvalue weighted by Crippen LogP contribution is 2.76. The van der Waals surface area contributed by atoms with E-state index in [4.69, 9.17) is 69.6 Å². The summed E-state index contributed by atoms with van der Waals surface area (Å²) in [5.41, 5.74) is 0.873. The molecule has 0 unspecified atom stereocenters. The molecule has 0 aromatic heterocycles. The largest absolute Gasteiger partial charge is 0.166 e. The monoisotopic (exact) mass is 686 g/mol. The topological polar surface area (TPSA) is 0 Å². The van der Waals surface area contributed by atoms with Crippen LogP contribution in [0, 0.1) is 0 Å². The molecule has 23 heavy (non-hydrogen) atoms. The fourth-order valence-corrected chi connectivity index (χ4v) is 8.18. The van der Waals surface area contributed by atoms with Crippen LogP contribution in [0.25, 0.3) is 0 Å². The molecule has 1 saturated carbocycles. The minimum atomic E-state index is -1.53. The second-order valence-electron chi connectivity index (χ2n) is 5.36. The Hall–Kier alpha value is 2.62. The lowest BCUT2D eigenvalue weighted by Gasteiger charge is -2.34. The first-order valence-electron chi connectivity index (χ1n) is 6.06. The standard InChI is InChI=1S/C13H4Br4Cl6/c14-5-1-3(6(15)8(17)7(5)16)4-2-11(20)9(18)10(19)12(4,21)13(11,22)23/h1,4H,2H2/t4-,11+,12+/m1/s1. The van der Waals surface area contributed by atoms with Gasteiger partial charge in [0.05, 0.1) is 10.1 Å². The molecule has 0 heterocycles. The van der Waals surface area contributed by atoms with E-state index in [2.05, 4.69) is 63.7 Å². The van der Waals surface area contributed by atoms with E-state index in [0.29, 0.717) is 6.42 Å². The van der Waals surface area contributed by atoms with Crippen LogP contribution in [0.5, 0.6) is 0 Å². The Balaban J connectivity index is 2.27. The van der Waals surface area contributed by atoms with Crippen molar-refractivity contribution in [1.29, 1.82) is 0 Å². The van der Waals surface area contributed by atoms with Crippen LogP contribution >= 0.6 is 133 Å². The van der Waals surface area contributed by atoms with Gasteiger partial charge in [0, 0.05) is 23.8 Å². The molecular weight excluding hydrogens is 688 g/mol. The third-order valence-electron chi connectivity index (χ3n) is 4.29. The number of benzene rings is 1. The molecule has 0 amide bonds. The maximum Gasteiger partial charge on any atom is 0.166 e. The van der Waals surface area contributed by atoms with E-state index in [1.165, 1.54) is 0 Å². The van der Waals surface area contributed by atoms with E-state index >= 15 is 0 Å². The highest BCUT2D eigenvalue weighted by atomic mass is 79.9. The zero-order valence-corrected chi connectivity index (χ0v) is 21.5. The van der Waals surface area contributed by atoms with Gasteiger partial charge in [0.2, 0.25) is 0 Å². The van der Waals surface area contributed by atoms with Crippen molar-refractivity contribution in [3.8, 4) is 0 Å². The molecule has 0 nitrogen and oxygen atoms in total. The average Bonchev–Trinajstić information content (AvgIpc) is 2.71. The molecule has 2 aliphatic carbocycles. The van der Waals surface area contributed by atoms with E-state index in [1.807, 2.05) is 6.07 Å². The van der Waals surface area contributed by atoms with Crippen molar-refractivity contribution >= 4 is 133 Å². The van der Waals surface area contributed by atoms with Gasteiger partial charge in [-0.3, -0.25) is 0 Å². The molecule has 0 aliphatic heterocycles. The maximum atomic E-state index is 6.85. The normalized spacial score (nSPS) is 35.3. The summed E-state index contributed by atoms with van der Waals surface area (Å²) >= 11 is 53.4. The zero-order chi connectivity index (χ0) is 17.5. The van der Waals surface area contributed by atoms with Crippen LogP contribution in [0.3, 0.4) is 0 Å². The van der Waals surface area contributed by atoms with Crippen molar-refractivity contribution in [1.82, 2.24) is 0 Å². The summed E-state index contributed by atoms with van der Waals surface area (Å²) in [5.74, 6) is -0.332. The maximum absolute atomic E-state index is 6.85. The summed E-state index contributed by atoms with van der Waals surface area (Å²) in [6.07, 6.45) is 0.360. The quantitative estimate of drug-likeness (QED) is 0.157. The third-order valence-corrected chi connectivity index (χ3v) is 13.3. The van der Waals surface area contributed by atoms with Crippen molar-refractivity contribution in [2.45, 2.75) is 26.4 Å². The van der Waals surface area contributed by atoms with Crippen LogP contribution in [-0.2, 0) is 0 Å². The minimum absolute atomic E-state index is 0.194. The third kappa shape index (κ3) is 2.46. The molecule has 2 aliphatic rings. The fraction of sp³-hybridized carbons (Fsp3) is 0.385. The van der Waals surface area contributed by atoms with E-state index in [0.717, 1.165) is 23.5 Å². The Morgan fingerprint density at radius 1 is 0.870 bits per heavy atom. The smallest absolute Gasteiger partial charge is 0.110 e. The predicted octanol–water partition coefficient (Wildman–Crippen LogP) is 9.06. The molecule has 3 atom stereocenters. The number of alkyl halides is 4. The SMILES string of the molecule is ClC1=C(Cl)[C@@]2(Cl)C[C@H](c3cc(Br)c(Br)c(Br)c3Br)[C@@]1(Cl)C2(Cl)Cl. The van der Waals surface area contributed by atoms with Crippen LogP contribution in [0.15, 0.2) is 34.0 Å².